The number of rotatable bonds is 6. The van der Waals surface area contributed by atoms with E-state index in [4.69, 9.17) is 4.84 Å². The van der Waals surface area contributed by atoms with Crippen LogP contribution in [-0.2, 0) is 20.5 Å². The number of hydrogen-bond acceptors (Lipinski definition) is 6. The predicted molar refractivity (Wildman–Crippen MR) is 96.3 cm³/mol. The van der Waals surface area contributed by atoms with Crippen molar-refractivity contribution in [2.45, 2.75) is 13.1 Å². The summed E-state index contributed by atoms with van der Waals surface area (Å²) in [6.45, 7) is 1.50. The average molecular weight is 394 g/mol. The molecule has 0 aromatic heterocycles. The Labute approximate surface area is 159 Å². The van der Waals surface area contributed by atoms with Gasteiger partial charge in [-0.1, -0.05) is 34.6 Å². The highest BCUT2D eigenvalue weighted by molar-refractivity contribution is 6.43. The summed E-state index contributed by atoms with van der Waals surface area (Å²) < 4.78 is 43.3. The van der Waals surface area contributed by atoms with Crippen molar-refractivity contribution < 1.29 is 32.4 Å². The van der Waals surface area contributed by atoms with Crippen LogP contribution in [0.4, 0.5) is 13.2 Å². The molecule has 6 nitrogen and oxygen atoms in total. The first-order valence-corrected chi connectivity index (χ1v) is 7.96. The van der Waals surface area contributed by atoms with E-state index in [1.165, 1.54) is 39.3 Å². The number of methoxy groups -OCH3 is 1. The molecule has 0 bridgehead atoms. The molecule has 0 radical (unpaired) electrons. The molecular formula is C19H17F3N2O4. The lowest BCUT2D eigenvalue weighted by molar-refractivity contribution is -0.137. The van der Waals surface area contributed by atoms with Gasteiger partial charge in [-0.25, -0.2) is 4.79 Å². The second-order valence-electron chi connectivity index (χ2n) is 5.46. The lowest BCUT2D eigenvalue weighted by Crippen LogP contribution is -2.18. The summed E-state index contributed by atoms with van der Waals surface area (Å²) in [5.74, 6) is -0.605. The Morgan fingerprint density at radius 1 is 1.00 bits per heavy atom. The molecule has 0 aliphatic carbocycles. The number of halogens is 3. The SMILES string of the molecule is CO/N=C(/C(=O)OC)c1ccccc1O/N=C(/C)c1cccc(C(F)(F)F)c1. The van der Waals surface area contributed by atoms with Gasteiger partial charge in [-0.05, 0) is 36.8 Å². The van der Waals surface area contributed by atoms with Crippen LogP contribution in [0.25, 0.3) is 0 Å². The van der Waals surface area contributed by atoms with Gasteiger partial charge in [-0.3, -0.25) is 0 Å². The fourth-order valence-corrected chi connectivity index (χ4v) is 2.22. The number of benzene rings is 2. The van der Waals surface area contributed by atoms with Gasteiger partial charge in [-0.15, -0.1) is 0 Å². The maximum Gasteiger partial charge on any atom is 0.416 e. The number of para-hydroxylation sites is 1. The number of nitrogens with zero attached hydrogens (tertiary/aromatic N) is 2. The first-order chi connectivity index (χ1) is 13.3. The maximum atomic E-state index is 12.9. The average Bonchev–Trinajstić information content (AvgIpc) is 2.69. The Kier molecular flexibility index (Phi) is 6.75. The molecule has 148 valence electrons. The van der Waals surface area contributed by atoms with Crippen LogP contribution >= 0.6 is 0 Å². The van der Waals surface area contributed by atoms with Crippen molar-refractivity contribution in [3.8, 4) is 5.75 Å². The fourth-order valence-electron chi connectivity index (χ4n) is 2.22. The van der Waals surface area contributed by atoms with Crippen LogP contribution in [-0.4, -0.2) is 31.6 Å². The van der Waals surface area contributed by atoms with E-state index in [-0.39, 0.29) is 28.3 Å². The smallest absolute Gasteiger partial charge is 0.416 e. The topological polar surface area (TPSA) is 69.5 Å². The Bertz CT molecular complexity index is 908. The van der Waals surface area contributed by atoms with E-state index in [2.05, 4.69) is 19.9 Å². The molecule has 0 atom stereocenters. The molecule has 0 saturated heterocycles. The van der Waals surface area contributed by atoms with Gasteiger partial charge >= 0.3 is 12.1 Å². The first kappa shape index (κ1) is 20.9. The molecule has 28 heavy (non-hydrogen) atoms. The van der Waals surface area contributed by atoms with Crippen LogP contribution in [0.2, 0.25) is 0 Å². The molecule has 0 spiro atoms. The lowest BCUT2D eigenvalue weighted by atomic mass is 10.1. The minimum atomic E-state index is -4.46. The van der Waals surface area contributed by atoms with E-state index in [0.717, 1.165) is 12.1 Å². The van der Waals surface area contributed by atoms with Crippen molar-refractivity contribution in [1.29, 1.82) is 0 Å². The van der Waals surface area contributed by atoms with Crippen molar-refractivity contribution in [3.05, 3.63) is 65.2 Å². The molecule has 0 aliphatic heterocycles. The molecule has 9 heteroatoms. The molecule has 0 fully saturated rings. The summed E-state index contributed by atoms with van der Waals surface area (Å²) in [6.07, 6.45) is -4.46. The second-order valence-corrected chi connectivity index (χ2v) is 5.46. The van der Waals surface area contributed by atoms with Crippen molar-refractivity contribution in [1.82, 2.24) is 0 Å². The largest absolute Gasteiger partial charge is 0.464 e. The van der Waals surface area contributed by atoms with E-state index in [9.17, 15) is 18.0 Å². The fraction of sp³-hybridized carbons (Fsp3) is 0.211. The normalized spacial score (nSPS) is 12.5. The number of carbonyl (C=O) groups is 1. The molecule has 0 amide bonds. The summed E-state index contributed by atoms with van der Waals surface area (Å²) >= 11 is 0. The molecule has 0 N–H and O–H groups in total. The number of hydrogen-bond donors (Lipinski definition) is 0. The van der Waals surface area contributed by atoms with E-state index < -0.39 is 17.7 Å². The van der Waals surface area contributed by atoms with Crippen molar-refractivity contribution in [2.75, 3.05) is 14.2 Å². The Balaban J connectivity index is 2.34. The molecular weight excluding hydrogens is 377 g/mol. The number of alkyl halides is 3. The molecule has 2 aromatic rings. The Morgan fingerprint density at radius 3 is 2.36 bits per heavy atom. The van der Waals surface area contributed by atoms with Gasteiger partial charge in [0.15, 0.2) is 11.5 Å². The molecule has 2 aromatic carbocycles. The molecule has 0 unspecified atom stereocenters. The van der Waals surface area contributed by atoms with E-state index in [0.29, 0.717) is 0 Å². The van der Waals surface area contributed by atoms with Crippen molar-refractivity contribution >= 4 is 17.4 Å². The quantitative estimate of drug-likeness (QED) is 0.421. The Morgan fingerprint density at radius 2 is 1.71 bits per heavy atom. The van der Waals surface area contributed by atoms with Gasteiger partial charge < -0.3 is 14.4 Å². The maximum absolute atomic E-state index is 12.9. The van der Waals surface area contributed by atoms with Crippen LogP contribution < -0.4 is 4.84 Å². The van der Waals surface area contributed by atoms with Crippen molar-refractivity contribution in [3.63, 3.8) is 0 Å². The molecule has 0 saturated carbocycles. The molecule has 2 rings (SSSR count). The number of oxime groups is 2. The Hall–Kier alpha value is -3.36. The van der Waals surface area contributed by atoms with Gasteiger partial charge in [0.25, 0.3) is 0 Å². The highest BCUT2D eigenvalue weighted by Crippen LogP contribution is 2.29. The lowest BCUT2D eigenvalue weighted by Gasteiger charge is -2.10. The zero-order valence-corrected chi connectivity index (χ0v) is 15.3. The monoisotopic (exact) mass is 394 g/mol. The summed E-state index contributed by atoms with van der Waals surface area (Å²) in [6, 6.07) is 11.0. The summed E-state index contributed by atoms with van der Waals surface area (Å²) in [4.78, 5) is 21.9. The van der Waals surface area contributed by atoms with Gasteiger partial charge in [0, 0.05) is 0 Å². The zero-order valence-electron chi connectivity index (χ0n) is 15.3. The minimum absolute atomic E-state index is 0.146. The van der Waals surface area contributed by atoms with E-state index in [1.54, 1.807) is 18.2 Å². The van der Waals surface area contributed by atoms with Crippen LogP contribution in [0.15, 0.2) is 58.8 Å². The predicted octanol–water partition coefficient (Wildman–Crippen LogP) is 4.03. The third kappa shape index (κ3) is 5.09. The van der Waals surface area contributed by atoms with Crippen LogP contribution in [0.1, 0.15) is 23.6 Å². The summed E-state index contributed by atoms with van der Waals surface area (Å²) in [5, 5.41) is 7.52. The minimum Gasteiger partial charge on any atom is -0.464 e. The number of carbonyl (C=O) groups excluding carboxylic acids is 1. The summed E-state index contributed by atoms with van der Waals surface area (Å²) in [7, 11) is 2.45. The van der Waals surface area contributed by atoms with Gasteiger partial charge in [0.2, 0.25) is 0 Å². The van der Waals surface area contributed by atoms with Crippen LogP contribution in [0, 0.1) is 0 Å². The third-order valence-corrected chi connectivity index (χ3v) is 3.59. The van der Waals surface area contributed by atoms with Crippen LogP contribution in [0.5, 0.6) is 5.75 Å². The zero-order chi connectivity index (χ0) is 20.7. The number of esters is 1. The standard InChI is InChI=1S/C19H17F3N2O4/c1-12(13-7-6-8-14(11-13)19(20,21)22)23-28-16-10-5-4-9-15(16)17(24-27-3)18(25)26-2/h4-11H,1-3H3/b23-12-,24-17+. The summed E-state index contributed by atoms with van der Waals surface area (Å²) in [5.41, 5.74) is -0.236. The molecule has 0 aliphatic rings. The molecule has 0 heterocycles. The van der Waals surface area contributed by atoms with E-state index >= 15 is 0 Å². The third-order valence-electron chi connectivity index (χ3n) is 3.59. The highest BCUT2D eigenvalue weighted by Gasteiger charge is 2.30. The first-order valence-electron chi connectivity index (χ1n) is 7.96. The van der Waals surface area contributed by atoms with Gasteiger partial charge in [0.05, 0.1) is 23.9 Å². The van der Waals surface area contributed by atoms with Gasteiger partial charge in [0.1, 0.15) is 7.11 Å². The van der Waals surface area contributed by atoms with Gasteiger partial charge in [-0.2, -0.15) is 13.2 Å². The van der Waals surface area contributed by atoms with Crippen LogP contribution in [0.3, 0.4) is 0 Å². The highest BCUT2D eigenvalue weighted by atomic mass is 19.4. The van der Waals surface area contributed by atoms with Crippen molar-refractivity contribution in [2.24, 2.45) is 10.3 Å². The van der Waals surface area contributed by atoms with E-state index in [1.807, 2.05) is 0 Å². The second kappa shape index (κ2) is 9.03. The number of ether oxygens (including phenoxy) is 1.